The van der Waals surface area contributed by atoms with Gasteiger partial charge in [0.2, 0.25) is 23.6 Å². The van der Waals surface area contributed by atoms with Gasteiger partial charge >= 0.3 is 0 Å². The van der Waals surface area contributed by atoms with Crippen LogP contribution in [0.1, 0.15) is 103 Å². The molecule has 1 fully saturated rings. The van der Waals surface area contributed by atoms with Crippen LogP contribution in [0.15, 0.2) is 54.6 Å². The SMILES string of the molecule is CC(=O)N(C1C(=O)Nc2ccccc21)[C@@H](Cc1ccccc1)C(=O)N[C@@H](CC(C)C)C(=O)NC(CC1CCCCC1)C(O)CC(=O)NCC(C)C. The molecule has 3 unspecified atom stereocenters. The number of aliphatic hydroxyl groups is 1. The first kappa shape index (κ1) is 39.5. The Morgan fingerprint density at radius 2 is 1.55 bits per heavy atom. The van der Waals surface area contributed by atoms with E-state index in [0.717, 1.165) is 37.7 Å². The van der Waals surface area contributed by atoms with Crippen molar-refractivity contribution >= 4 is 35.2 Å². The van der Waals surface area contributed by atoms with Crippen LogP contribution in [0.3, 0.4) is 0 Å². The Hall–Kier alpha value is -4.25. The van der Waals surface area contributed by atoms with E-state index >= 15 is 0 Å². The van der Waals surface area contributed by atoms with E-state index in [4.69, 9.17) is 0 Å². The zero-order valence-electron chi connectivity index (χ0n) is 30.8. The Balaban J connectivity index is 1.61. The number of hydrogen-bond acceptors (Lipinski definition) is 6. The second-order valence-electron chi connectivity index (χ2n) is 15.1. The van der Waals surface area contributed by atoms with Crippen molar-refractivity contribution in [2.24, 2.45) is 17.8 Å². The summed E-state index contributed by atoms with van der Waals surface area (Å²) < 4.78 is 0. The first-order valence-electron chi connectivity index (χ1n) is 18.6. The minimum Gasteiger partial charge on any atom is -0.390 e. The number of carbonyl (C=O) groups is 5. The number of fused-ring (bicyclic) bond motifs is 1. The molecule has 4 rings (SSSR count). The molecule has 11 nitrogen and oxygen atoms in total. The molecule has 51 heavy (non-hydrogen) atoms. The quantitative estimate of drug-likeness (QED) is 0.162. The van der Waals surface area contributed by atoms with E-state index in [0.29, 0.717) is 36.6 Å². The van der Waals surface area contributed by atoms with Gasteiger partial charge in [0.05, 0.1) is 18.6 Å². The van der Waals surface area contributed by atoms with Gasteiger partial charge in [-0.05, 0) is 42.2 Å². The van der Waals surface area contributed by atoms with Gasteiger partial charge in [0.15, 0.2) is 0 Å². The van der Waals surface area contributed by atoms with Crippen molar-refractivity contribution in [3.8, 4) is 0 Å². The fraction of sp³-hybridized carbons (Fsp3) is 0.575. The number of hydrogen-bond donors (Lipinski definition) is 5. The van der Waals surface area contributed by atoms with Crippen LogP contribution in [-0.4, -0.2) is 70.3 Å². The highest BCUT2D eigenvalue weighted by Crippen LogP contribution is 2.36. The minimum atomic E-state index is -1.12. The van der Waals surface area contributed by atoms with Gasteiger partial charge in [-0.1, -0.05) is 108 Å². The zero-order chi connectivity index (χ0) is 37.1. The van der Waals surface area contributed by atoms with E-state index < -0.39 is 53.9 Å². The second-order valence-corrected chi connectivity index (χ2v) is 15.1. The summed E-state index contributed by atoms with van der Waals surface area (Å²) in [4.78, 5) is 69.4. The number of para-hydroxylation sites is 1. The lowest BCUT2D eigenvalue weighted by Gasteiger charge is -2.35. The third-order valence-electron chi connectivity index (χ3n) is 9.86. The molecule has 1 aliphatic carbocycles. The fourth-order valence-electron chi connectivity index (χ4n) is 7.27. The van der Waals surface area contributed by atoms with Crippen LogP contribution in [-0.2, 0) is 30.4 Å². The summed E-state index contributed by atoms with van der Waals surface area (Å²) in [6.45, 7) is 9.71. The summed E-state index contributed by atoms with van der Waals surface area (Å²) in [7, 11) is 0. The normalized spacial score (nSPS) is 18.3. The molecule has 0 bridgehead atoms. The molecule has 11 heteroatoms. The van der Waals surface area contributed by atoms with Crippen molar-refractivity contribution in [1.82, 2.24) is 20.9 Å². The highest BCUT2D eigenvalue weighted by atomic mass is 16.3. The first-order valence-corrected chi connectivity index (χ1v) is 18.6. The van der Waals surface area contributed by atoms with E-state index in [1.165, 1.54) is 11.8 Å². The molecule has 0 radical (unpaired) electrons. The highest BCUT2D eigenvalue weighted by molar-refractivity contribution is 6.05. The van der Waals surface area contributed by atoms with Crippen molar-refractivity contribution in [3.63, 3.8) is 0 Å². The molecule has 1 saturated carbocycles. The number of nitrogens with one attached hydrogen (secondary N) is 4. The van der Waals surface area contributed by atoms with Crippen molar-refractivity contribution in [2.75, 3.05) is 11.9 Å². The molecule has 0 saturated heterocycles. The molecule has 5 atom stereocenters. The molecule has 0 aromatic heterocycles. The Bertz CT molecular complexity index is 1490. The topological polar surface area (TPSA) is 157 Å². The molecule has 5 amide bonds. The third kappa shape index (κ3) is 11.4. The van der Waals surface area contributed by atoms with Gasteiger partial charge in [0.25, 0.3) is 5.91 Å². The fourth-order valence-corrected chi connectivity index (χ4v) is 7.27. The van der Waals surface area contributed by atoms with Gasteiger partial charge in [0, 0.05) is 31.1 Å². The Labute approximate surface area is 302 Å². The summed E-state index contributed by atoms with van der Waals surface area (Å²) in [5.74, 6) is -1.61. The van der Waals surface area contributed by atoms with Crippen LogP contribution in [0.25, 0.3) is 0 Å². The van der Waals surface area contributed by atoms with Crippen LogP contribution >= 0.6 is 0 Å². The summed E-state index contributed by atoms with van der Waals surface area (Å²) in [6, 6.07) is 12.5. The highest BCUT2D eigenvalue weighted by Gasteiger charge is 2.43. The third-order valence-corrected chi connectivity index (χ3v) is 9.86. The van der Waals surface area contributed by atoms with Crippen LogP contribution in [0, 0.1) is 17.8 Å². The number of amides is 5. The summed E-state index contributed by atoms with van der Waals surface area (Å²) >= 11 is 0. The number of aliphatic hydroxyl groups excluding tert-OH is 1. The largest absolute Gasteiger partial charge is 0.390 e. The first-order chi connectivity index (χ1) is 24.3. The molecule has 1 heterocycles. The molecule has 278 valence electrons. The van der Waals surface area contributed by atoms with Crippen molar-refractivity contribution in [2.45, 2.75) is 123 Å². The summed E-state index contributed by atoms with van der Waals surface area (Å²) in [6.07, 6.45) is 4.98. The van der Waals surface area contributed by atoms with E-state index in [1.54, 1.807) is 24.3 Å². The Morgan fingerprint density at radius 3 is 2.20 bits per heavy atom. The lowest BCUT2D eigenvalue weighted by Crippen LogP contribution is -2.58. The molecule has 1 aliphatic heterocycles. The number of anilines is 1. The van der Waals surface area contributed by atoms with Crippen LogP contribution in [0.5, 0.6) is 0 Å². The molecule has 2 aromatic carbocycles. The molecular formula is C40H57N5O6. The Morgan fingerprint density at radius 1 is 0.882 bits per heavy atom. The number of carbonyl (C=O) groups excluding carboxylic acids is 5. The van der Waals surface area contributed by atoms with Gasteiger partial charge in [0.1, 0.15) is 18.1 Å². The van der Waals surface area contributed by atoms with Crippen LogP contribution in [0.4, 0.5) is 5.69 Å². The van der Waals surface area contributed by atoms with E-state index in [9.17, 15) is 29.1 Å². The average Bonchev–Trinajstić information content (AvgIpc) is 3.42. The molecular weight excluding hydrogens is 646 g/mol. The van der Waals surface area contributed by atoms with Gasteiger partial charge in [-0.15, -0.1) is 0 Å². The zero-order valence-corrected chi connectivity index (χ0v) is 30.8. The van der Waals surface area contributed by atoms with Crippen molar-refractivity contribution in [1.29, 1.82) is 0 Å². The smallest absolute Gasteiger partial charge is 0.251 e. The number of benzene rings is 2. The van der Waals surface area contributed by atoms with Gasteiger partial charge < -0.3 is 31.3 Å². The monoisotopic (exact) mass is 703 g/mol. The maximum absolute atomic E-state index is 14.5. The standard InChI is InChI=1S/C40H57N5O6/c1-25(2)20-33(38(49)43-32(21-28-14-8-6-9-15-28)35(47)23-36(48)41-24-26(3)4)44-39(50)34(22-29-16-10-7-11-17-29)45(27(5)46)37-30-18-12-13-19-31(30)42-40(37)51/h7,10-13,16-19,25-26,28,32-35,37,47H,6,8-9,14-15,20-24H2,1-5H3,(H,41,48)(H,42,51)(H,43,49)(H,44,50)/t32?,33-,34-,35?,37?/m0/s1. The lowest BCUT2D eigenvalue weighted by atomic mass is 9.83. The van der Waals surface area contributed by atoms with Gasteiger partial charge in [-0.3, -0.25) is 24.0 Å². The van der Waals surface area contributed by atoms with Crippen LogP contribution in [0.2, 0.25) is 0 Å². The number of nitrogens with zero attached hydrogens (tertiary/aromatic N) is 1. The molecule has 5 N–H and O–H groups in total. The Kier molecular flexibility index (Phi) is 14.6. The van der Waals surface area contributed by atoms with E-state index in [-0.39, 0.29) is 30.6 Å². The maximum Gasteiger partial charge on any atom is 0.251 e. The molecule has 2 aliphatic rings. The molecule has 2 aromatic rings. The van der Waals surface area contributed by atoms with Crippen molar-refractivity contribution in [3.05, 3.63) is 65.7 Å². The maximum atomic E-state index is 14.5. The molecule has 0 spiro atoms. The van der Waals surface area contributed by atoms with E-state index in [1.807, 2.05) is 58.0 Å². The van der Waals surface area contributed by atoms with E-state index in [2.05, 4.69) is 21.3 Å². The summed E-state index contributed by atoms with van der Waals surface area (Å²) in [5.41, 5.74) is 1.96. The summed E-state index contributed by atoms with van der Waals surface area (Å²) in [5, 5.41) is 23.0. The predicted molar refractivity (Wildman–Crippen MR) is 197 cm³/mol. The predicted octanol–water partition coefficient (Wildman–Crippen LogP) is 4.65. The second kappa shape index (κ2) is 18.8. The van der Waals surface area contributed by atoms with Crippen molar-refractivity contribution < 1.29 is 29.1 Å². The number of rotatable bonds is 17. The lowest BCUT2D eigenvalue weighted by molar-refractivity contribution is -0.146. The van der Waals surface area contributed by atoms with Gasteiger partial charge in [-0.2, -0.15) is 0 Å². The van der Waals surface area contributed by atoms with Gasteiger partial charge in [-0.25, -0.2) is 0 Å². The average molecular weight is 704 g/mol. The van der Waals surface area contributed by atoms with Crippen LogP contribution < -0.4 is 21.3 Å². The minimum absolute atomic E-state index is 0.00792.